The molecule has 1 amide bonds. The molecule has 174 valence electrons. The summed E-state index contributed by atoms with van der Waals surface area (Å²) in [5, 5.41) is 7.76. The van der Waals surface area contributed by atoms with E-state index in [1.54, 1.807) is 36.4 Å². The van der Waals surface area contributed by atoms with E-state index in [4.69, 9.17) is 5.14 Å². The van der Waals surface area contributed by atoms with Crippen molar-refractivity contribution in [1.82, 2.24) is 9.62 Å². The van der Waals surface area contributed by atoms with Gasteiger partial charge in [0.15, 0.2) is 0 Å². The van der Waals surface area contributed by atoms with Gasteiger partial charge in [-0.1, -0.05) is 60.2 Å². The first-order valence-electron chi connectivity index (χ1n) is 10.0. The number of nitrogens with zero attached hydrogens (tertiary/aromatic N) is 1. The summed E-state index contributed by atoms with van der Waals surface area (Å²) in [5.74, 6) is -0.489. The fourth-order valence-corrected chi connectivity index (χ4v) is 4.99. The Morgan fingerprint density at radius 1 is 0.818 bits per heavy atom. The molecule has 0 aromatic heterocycles. The van der Waals surface area contributed by atoms with E-state index in [-0.39, 0.29) is 29.4 Å². The highest BCUT2D eigenvalue weighted by Gasteiger charge is 2.26. The van der Waals surface area contributed by atoms with Crippen molar-refractivity contribution < 1.29 is 21.6 Å². The van der Waals surface area contributed by atoms with Crippen LogP contribution in [0, 0.1) is 6.92 Å². The van der Waals surface area contributed by atoms with Gasteiger partial charge in [0, 0.05) is 13.1 Å². The number of hydrogen-bond acceptors (Lipinski definition) is 5. The van der Waals surface area contributed by atoms with Gasteiger partial charge >= 0.3 is 0 Å². The van der Waals surface area contributed by atoms with Crippen LogP contribution in [0.1, 0.15) is 16.7 Å². The third-order valence-electron chi connectivity index (χ3n) is 4.92. The highest BCUT2D eigenvalue weighted by atomic mass is 32.2. The second-order valence-corrected chi connectivity index (χ2v) is 11.0. The first-order chi connectivity index (χ1) is 15.6. The number of primary sulfonamides is 1. The minimum absolute atomic E-state index is 0.0317. The van der Waals surface area contributed by atoms with E-state index >= 15 is 0 Å². The number of nitrogens with two attached hydrogens (primary N) is 1. The molecule has 0 saturated carbocycles. The predicted octanol–water partition coefficient (Wildman–Crippen LogP) is 2.15. The van der Waals surface area contributed by atoms with Gasteiger partial charge in [-0.15, -0.1) is 0 Å². The van der Waals surface area contributed by atoms with Crippen LogP contribution in [0.5, 0.6) is 0 Å². The molecule has 0 aliphatic rings. The number of sulfonamides is 2. The lowest BCUT2D eigenvalue weighted by Crippen LogP contribution is -2.40. The van der Waals surface area contributed by atoms with Crippen molar-refractivity contribution in [2.75, 3.05) is 6.54 Å². The topological polar surface area (TPSA) is 127 Å². The maximum atomic E-state index is 13.3. The zero-order valence-electron chi connectivity index (χ0n) is 18.0. The third kappa shape index (κ3) is 6.72. The SMILES string of the molecule is Cc1ccc(S(=O)(=O)N(CC(=O)NCc2ccc(S(N)(=O)=O)cc2)Cc2ccccc2)cc1. The van der Waals surface area contributed by atoms with Crippen molar-refractivity contribution in [3.8, 4) is 0 Å². The van der Waals surface area contributed by atoms with E-state index in [9.17, 15) is 21.6 Å². The van der Waals surface area contributed by atoms with Crippen molar-refractivity contribution in [3.05, 3.63) is 95.6 Å². The van der Waals surface area contributed by atoms with Gasteiger partial charge in [-0.05, 0) is 42.3 Å². The Morgan fingerprint density at radius 3 is 1.97 bits per heavy atom. The molecule has 10 heteroatoms. The molecular weight excluding hydrogens is 462 g/mol. The van der Waals surface area contributed by atoms with Crippen molar-refractivity contribution in [2.45, 2.75) is 29.8 Å². The molecule has 0 spiro atoms. The van der Waals surface area contributed by atoms with Gasteiger partial charge in [-0.2, -0.15) is 4.31 Å². The van der Waals surface area contributed by atoms with Crippen molar-refractivity contribution in [1.29, 1.82) is 0 Å². The maximum Gasteiger partial charge on any atom is 0.243 e. The number of nitrogens with one attached hydrogen (secondary N) is 1. The molecule has 0 aliphatic heterocycles. The van der Waals surface area contributed by atoms with Gasteiger partial charge in [-0.3, -0.25) is 4.79 Å². The van der Waals surface area contributed by atoms with Crippen LogP contribution in [-0.2, 0) is 37.9 Å². The fraction of sp³-hybridized carbons (Fsp3) is 0.174. The van der Waals surface area contributed by atoms with E-state index in [1.165, 1.54) is 36.4 Å². The molecular formula is C23H25N3O5S2. The minimum Gasteiger partial charge on any atom is -0.351 e. The average Bonchev–Trinajstić information content (AvgIpc) is 2.78. The van der Waals surface area contributed by atoms with Crippen molar-refractivity contribution >= 4 is 26.0 Å². The Balaban J connectivity index is 1.75. The molecule has 0 atom stereocenters. The summed E-state index contributed by atoms with van der Waals surface area (Å²) in [5.41, 5.74) is 2.32. The van der Waals surface area contributed by atoms with Gasteiger partial charge in [0.05, 0.1) is 16.3 Å². The molecule has 3 aromatic rings. The quantitative estimate of drug-likeness (QED) is 0.478. The highest BCUT2D eigenvalue weighted by Crippen LogP contribution is 2.19. The smallest absolute Gasteiger partial charge is 0.243 e. The number of hydrogen-bond donors (Lipinski definition) is 2. The summed E-state index contributed by atoms with van der Waals surface area (Å²) >= 11 is 0. The van der Waals surface area contributed by atoms with Crippen LogP contribution >= 0.6 is 0 Å². The standard InChI is InChI=1S/C23H25N3O5S2/c1-18-7-11-22(12-8-18)33(30,31)26(16-20-5-3-2-4-6-20)17-23(27)25-15-19-9-13-21(14-10-19)32(24,28)29/h2-14H,15-17H2,1H3,(H,25,27)(H2,24,28,29). The zero-order valence-corrected chi connectivity index (χ0v) is 19.6. The van der Waals surface area contributed by atoms with Crippen LogP contribution in [0.4, 0.5) is 0 Å². The number of benzene rings is 3. The van der Waals surface area contributed by atoms with Gasteiger partial charge in [0.1, 0.15) is 0 Å². The van der Waals surface area contributed by atoms with Crippen LogP contribution in [-0.4, -0.2) is 33.6 Å². The monoisotopic (exact) mass is 487 g/mol. The molecule has 3 aromatic carbocycles. The average molecular weight is 488 g/mol. The Labute approximate surface area is 194 Å². The van der Waals surface area contributed by atoms with E-state index < -0.39 is 26.0 Å². The first kappa shape index (κ1) is 24.6. The van der Waals surface area contributed by atoms with Gasteiger partial charge < -0.3 is 5.32 Å². The third-order valence-corrected chi connectivity index (χ3v) is 7.66. The zero-order chi connectivity index (χ0) is 24.1. The molecule has 0 unspecified atom stereocenters. The summed E-state index contributed by atoms with van der Waals surface area (Å²) in [7, 11) is -7.73. The van der Waals surface area contributed by atoms with E-state index in [0.717, 1.165) is 15.4 Å². The summed E-state index contributed by atoms with van der Waals surface area (Å²) in [4.78, 5) is 12.7. The first-order valence-corrected chi connectivity index (χ1v) is 13.0. The lowest BCUT2D eigenvalue weighted by molar-refractivity contribution is -0.121. The van der Waals surface area contributed by atoms with Crippen LogP contribution < -0.4 is 10.5 Å². The normalized spacial score (nSPS) is 12.0. The molecule has 0 fully saturated rings. The molecule has 0 saturated heterocycles. The number of amides is 1. The Bertz CT molecular complexity index is 1310. The number of carbonyl (C=O) groups is 1. The summed E-state index contributed by atoms with van der Waals surface area (Å²) in [6.45, 7) is 1.63. The fourth-order valence-electron chi connectivity index (χ4n) is 3.09. The minimum atomic E-state index is -3.92. The molecule has 0 heterocycles. The molecule has 8 nitrogen and oxygen atoms in total. The Kier molecular flexibility index (Phi) is 7.65. The van der Waals surface area contributed by atoms with Crippen molar-refractivity contribution in [2.24, 2.45) is 5.14 Å². The largest absolute Gasteiger partial charge is 0.351 e. The van der Waals surface area contributed by atoms with Gasteiger partial charge in [0.2, 0.25) is 26.0 Å². The number of carbonyl (C=O) groups excluding carboxylic acids is 1. The van der Waals surface area contributed by atoms with Crippen LogP contribution in [0.3, 0.4) is 0 Å². The summed E-state index contributed by atoms with van der Waals surface area (Å²) in [6, 6.07) is 21.2. The lowest BCUT2D eigenvalue weighted by Gasteiger charge is -2.22. The van der Waals surface area contributed by atoms with E-state index in [2.05, 4.69) is 5.32 Å². The van der Waals surface area contributed by atoms with E-state index in [0.29, 0.717) is 5.56 Å². The predicted molar refractivity (Wildman–Crippen MR) is 125 cm³/mol. The molecule has 3 rings (SSSR count). The van der Waals surface area contributed by atoms with Crippen LogP contribution in [0.15, 0.2) is 88.7 Å². The lowest BCUT2D eigenvalue weighted by atomic mass is 10.2. The van der Waals surface area contributed by atoms with Crippen LogP contribution in [0.2, 0.25) is 0 Å². The maximum absolute atomic E-state index is 13.3. The second-order valence-electron chi connectivity index (χ2n) is 7.54. The van der Waals surface area contributed by atoms with Gasteiger partial charge in [0.25, 0.3) is 0 Å². The van der Waals surface area contributed by atoms with Crippen molar-refractivity contribution in [3.63, 3.8) is 0 Å². The summed E-state index contributed by atoms with van der Waals surface area (Å²) in [6.07, 6.45) is 0. The molecule has 0 bridgehead atoms. The Morgan fingerprint density at radius 2 is 1.39 bits per heavy atom. The highest BCUT2D eigenvalue weighted by molar-refractivity contribution is 7.89. The molecule has 0 aliphatic carbocycles. The molecule has 3 N–H and O–H groups in total. The number of rotatable bonds is 9. The summed E-state index contributed by atoms with van der Waals surface area (Å²) < 4.78 is 50.4. The Hall–Kier alpha value is -3.05. The second kappa shape index (κ2) is 10.3. The molecule has 0 radical (unpaired) electrons. The van der Waals surface area contributed by atoms with Gasteiger partial charge in [-0.25, -0.2) is 22.0 Å². The molecule has 33 heavy (non-hydrogen) atoms. The van der Waals surface area contributed by atoms with Crippen LogP contribution in [0.25, 0.3) is 0 Å². The number of aryl methyl sites for hydroxylation is 1. The van der Waals surface area contributed by atoms with E-state index in [1.807, 2.05) is 13.0 Å².